The fraction of sp³-hybridized carbons (Fsp3) is 0.353. The number of rotatable bonds is 5. The molecular formula is C17H19ClFN3O3. The zero-order valence-electron chi connectivity index (χ0n) is 14.1. The zero-order valence-corrected chi connectivity index (χ0v) is 14.8. The highest BCUT2D eigenvalue weighted by molar-refractivity contribution is 6.30. The molecule has 0 aliphatic carbocycles. The SMILES string of the molecule is CC(C)(C)n1cc(C(=O)N[C@H](CC(=O)O)c2ccc(Cl)c(F)c2)cn1. The molecule has 1 atom stereocenters. The Kier molecular flexibility index (Phi) is 5.47. The maximum absolute atomic E-state index is 13.7. The number of aromatic nitrogens is 2. The predicted molar refractivity (Wildman–Crippen MR) is 91.1 cm³/mol. The van der Waals surface area contributed by atoms with Gasteiger partial charge in [-0.2, -0.15) is 5.10 Å². The molecule has 1 amide bonds. The molecule has 0 unspecified atom stereocenters. The van der Waals surface area contributed by atoms with Crippen molar-refractivity contribution in [2.75, 3.05) is 0 Å². The Hall–Kier alpha value is -2.41. The highest BCUT2D eigenvalue weighted by Gasteiger charge is 2.22. The largest absolute Gasteiger partial charge is 0.481 e. The smallest absolute Gasteiger partial charge is 0.305 e. The maximum atomic E-state index is 13.7. The first kappa shape index (κ1) is 18.9. The van der Waals surface area contributed by atoms with E-state index in [0.29, 0.717) is 11.1 Å². The van der Waals surface area contributed by atoms with Gasteiger partial charge in [-0.05, 0) is 38.5 Å². The number of nitrogens with one attached hydrogen (secondary N) is 1. The summed E-state index contributed by atoms with van der Waals surface area (Å²) < 4.78 is 15.3. The van der Waals surface area contributed by atoms with E-state index in [0.717, 1.165) is 6.07 Å². The number of aliphatic carboxylic acids is 1. The van der Waals surface area contributed by atoms with E-state index in [-0.39, 0.29) is 17.0 Å². The molecule has 2 aromatic rings. The van der Waals surface area contributed by atoms with Gasteiger partial charge in [0.05, 0.1) is 34.8 Å². The van der Waals surface area contributed by atoms with Crippen LogP contribution < -0.4 is 5.32 Å². The molecule has 0 aliphatic heterocycles. The van der Waals surface area contributed by atoms with Gasteiger partial charge in [-0.15, -0.1) is 0 Å². The molecule has 0 saturated carbocycles. The molecule has 0 spiro atoms. The normalized spacial score (nSPS) is 12.7. The number of hydrogen-bond acceptors (Lipinski definition) is 3. The third-order valence-corrected chi connectivity index (χ3v) is 3.87. The molecule has 134 valence electrons. The minimum Gasteiger partial charge on any atom is -0.481 e. The van der Waals surface area contributed by atoms with Gasteiger partial charge in [0.1, 0.15) is 5.82 Å². The van der Waals surface area contributed by atoms with Crippen LogP contribution in [0.3, 0.4) is 0 Å². The van der Waals surface area contributed by atoms with Crippen LogP contribution in [-0.4, -0.2) is 26.8 Å². The Morgan fingerprint density at radius 1 is 1.40 bits per heavy atom. The van der Waals surface area contributed by atoms with Gasteiger partial charge in [0.2, 0.25) is 0 Å². The van der Waals surface area contributed by atoms with Crippen LogP contribution in [0.25, 0.3) is 0 Å². The molecule has 0 fully saturated rings. The van der Waals surface area contributed by atoms with Gasteiger partial charge < -0.3 is 10.4 Å². The van der Waals surface area contributed by atoms with Crippen molar-refractivity contribution in [2.24, 2.45) is 0 Å². The van der Waals surface area contributed by atoms with E-state index < -0.39 is 23.7 Å². The summed E-state index contributed by atoms with van der Waals surface area (Å²) in [6.07, 6.45) is 2.59. The number of carboxylic acid groups (broad SMARTS) is 1. The number of carbonyl (C=O) groups excluding carboxylic acids is 1. The second-order valence-corrected chi connectivity index (χ2v) is 7.05. The lowest BCUT2D eigenvalue weighted by Gasteiger charge is -2.19. The average Bonchev–Trinajstić information content (AvgIpc) is 2.99. The standard InChI is InChI=1S/C17H19ClFN3O3/c1-17(2,3)22-9-11(8-20-22)16(25)21-14(7-15(23)24)10-4-5-12(18)13(19)6-10/h4-6,8-9,14H,7H2,1-3H3,(H,21,25)(H,23,24)/t14-/m1/s1. The third kappa shape index (κ3) is 4.79. The first-order valence-corrected chi connectivity index (χ1v) is 7.98. The molecule has 1 aromatic heterocycles. The molecule has 0 aliphatic rings. The Morgan fingerprint density at radius 3 is 2.60 bits per heavy atom. The molecule has 25 heavy (non-hydrogen) atoms. The second kappa shape index (κ2) is 7.23. The van der Waals surface area contributed by atoms with Crippen molar-refractivity contribution in [2.45, 2.75) is 38.8 Å². The number of hydrogen-bond donors (Lipinski definition) is 2. The van der Waals surface area contributed by atoms with Crippen LogP contribution in [0.1, 0.15) is 49.2 Å². The van der Waals surface area contributed by atoms with Gasteiger partial charge in [-0.25, -0.2) is 4.39 Å². The minimum absolute atomic E-state index is 0.0735. The van der Waals surface area contributed by atoms with Crippen LogP contribution in [0, 0.1) is 5.82 Å². The third-order valence-electron chi connectivity index (χ3n) is 3.56. The lowest BCUT2D eigenvalue weighted by molar-refractivity contribution is -0.137. The van der Waals surface area contributed by atoms with Crippen LogP contribution in [-0.2, 0) is 10.3 Å². The van der Waals surface area contributed by atoms with Crippen molar-refractivity contribution in [3.8, 4) is 0 Å². The van der Waals surface area contributed by atoms with E-state index in [1.165, 1.54) is 18.3 Å². The highest BCUT2D eigenvalue weighted by Crippen LogP contribution is 2.23. The van der Waals surface area contributed by atoms with E-state index in [1.54, 1.807) is 10.9 Å². The zero-order chi connectivity index (χ0) is 18.8. The van der Waals surface area contributed by atoms with E-state index in [1.807, 2.05) is 20.8 Å². The van der Waals surface area contributed by atoms with Gasteiger partial charge in [0.15, 0.2) is 0 Å². The Bertz CT molecular complexity index is 799. The molecule has 0 bridgehead atoms. The molecule has 1 aromatic carbocycles. The summed E-state index contributed by atoms with van der Waals surface area (Å²) in [5.74, 6) is -2.28. The molecule has 2 rings (SSSR count). The van der Waals surface area contributed by atoms with Crippen LogP contribution in [0.2, 0.25) is 5.02 Å². The molecule has 6 nitrogen and oxygen atoms in total. The van der Waals surface area contributed by atoms with E-state index >= 15 is 0 Å². The monoisotopic (exact) mass is 367 g/mol. The lowest BCUT2D eigenvalue weighted by Crippen LogP contribution is -2.30. The first-order valence-electron chi connectivity index (χ1n) is 7.60. The molecular weight excluding hydrogens is 349 g/mol. The van der Waals surface area contributed by atoms with Gasteiger partial charge in [0, 0.05) is 6.20 Å². The van der Waals surface area contributed by atoms with Crippen LogP contribution in [0.4, 0.5) is 4.39 Å². The average molecular weight is 368 g/mol. The van der Waals surface area contributed by atoms with Crippen LogP contribution in [0.5, 0.6) is 0 Å². The summed E-state index contributed by atoms with van der Waals surface area (Å²) in [7, 11) is 0. The number of carboxylic acids is 1. The van der Waals surface area contributed by atoms with Gasteiger partial charge >= 0.3 is 5.97 Å². The van der Waals surface area contributed by atoms with E-state index in [2.05, 4.69) is 10.4 Å². The number of benzene rings is 1. The van der Waals surface area contributed by atoms with Gasteiger partial charge in [-0.1, -0.05) is 17.7 Å². The summed E-state index contributed by atoms with van der Waals surface area (Å²) in [4.78, 5) is 23.5. The Labute approximate surface area is 149 Å². The van der Waals surface area contributed by atoms with Crippen molar-refractivity contribution < 1.29 is 19.1 Å². The summed E-state index contributed by atoms with van der Waals surface area (Å²) in [6.45, 7) is 5.81. The predicted octanol–water partition coefficient (Wildman–Crippen LogP) is 3.38. The van der Waals surface area contributed by atoms with E-state index in [9.17, 15) is 14.0 Å². The maximum Gasteiger partial charge on any atom is 0.305 e. The van der Waals surface area contributed by atoms with Crippen LogP contribution >= 0.6 is 11.6 Å². The number of nitrogens with zero attached hydrogens (tertiary/aromatic N) is 2. The summed E-state index contributed by atoms with van der Waals surface area (Å²) in [6, 6.07) is 3.03. The lowest BCUT2D eigenvalue weighted by atomic mass is 10.0. The van der Waals surface area contributed by atoms with Crippen molar-refractivity contribution in [1.82, 2.24) is 15.1 Å². The topological polar surface area (TPSA) is 84.2 Å². The minimum atomic E-state index is -1.12. The quantitative estimate of drug-likeness (QED) is 0.848. The molecule has 1 heterocycles. The van der Waals surface area contributed by atoms with Crippen molar-refractivity contribution in [3.05, 3.63) is 52.6 Å². The Balaban J connectivity index is 2.24. The molecule has 0 radical (unpaired) electrons. The van der Waals surface area contributed by atoms with Gasteiger partial charge in [-0.3, -0.25) is 14.3 Å². The van der Waals surface area contributed by atoms with Crippen molar-refractivity contribution >= 4 is 23.5 Å². The van der Waals surface area contributed by atoms with E-state index in [4.69, 9.17) is 16.7 Å². The van der Waals surface area contributed by atoms with Crippen molar-refractivity contribution in [3.63, 3.8) is 0 Å². The molecule has 2 N–H and O–H groups in total. The van der Waals surface area contributed by atoms with Crippen molar-refractivity contribution in [1.29, 1.82) is 0 Å². The molecule has 0 saturated heterocycles. The van der Waals surface area contributed by atoms with Gasteiger partial charge in [0.25, 0.3) is 5.91 Å². The number of amides is 1. The molecule has 8 heteroatoms. The second-order valence-electron chi connectivity index (χ2n) is 6.64. The summed E-state index contributed by atoms with van der Waals surface area (Å²) in [5.41, 5.74) is 0.318. The first-order chi connectivity index (χ1) is 11.6. The Morgan fingerprint density at radius 2 is 2.08 bits per heavy atom. The highest BCUT2D eigenvalue weighted by atomic mass is 35.5. The summed E-state index contributed by atoms with van der Waals surface area (Å²) in [5, 5.41) is 15.7. The van der Waals surface area contributed by atoms with Crippen LogP contribution in [0.15, 0.2) is 30.6 Å². The number of carbonyl (C=O) groups is 2. The fourth-order valence-corrected chi connectivity index (χ4v) is 2.32. The fourth-order valence-electron chi connectivity index (χ4n) is 2.20. The summed E-state index contributed by atoms with van der Waals surface area (Å²) >= 11 is 5.65. The number of halogens is 2.